The van der Waals surface area contributed by atoms with Gasteiger partial charge in [0.25, 0.3) is 5.91 Å². The van der Waals surface area contributed by atoms with Crippen LogP contribution in [0.3, 0.4) is 0 Å². The minimum absolute atomic E-state index is 0.0943. The molecule has 0 N–H and O–H groups in total. The standard InChI is InChI=1S/C31H30N2O4/c1-2-36-26-18-16-24(17-19-26)31(35)37-21-28(34)33-30(23-12-7-4-8-13-23)27-15-9-14-25(29(27)32-33)20-22-10-5-3-6-11-22/h3-8,10-13,16-20,27,30H,2,9,14-15,21H2,1H3. The lowest BCUT2D eigenvalue weighted by Crippen LogP contribution is -2.34. The number of hydrogen-bond donors (Lipinski definition) is 0. The Balaban J connectivity index is 1.37. The van der Waals surface area contributed by atoms with Crippen molar-refractivity contribution in [1.29, 1.82) is 0 Å². The van der Waals surface area contributed by atoms with Crippen molar-refractivity contribution >= 4 is 23.7 Å². The smallest absolute Gasteiger partial charge is 0.338 e. The molecule has 37 heavy (non-hydrogen) atoms. The van der Waals surface area contributed by atoms with Crippen LogP contribution in [-0.2, 0) is 9.53 Å². The van der Waals surface area contributed by atoms with Crippen molar-refractivity contribution in [3.63, 3.8) is 0 Å². The van der Waals surface area contributed by atoms with E-state index in [9.17, 15) is 9.59 Å². The first-order chi connectivity index (χ1) is 18.1. The van der Waals surface area contributed by atoms with Crippen LogP contribution in [-0.4, -0.2) is 35.8 Å². The minimum Gasteiger partial charge on any atom is -0.494 e. The Kier molecular flexibility index (Phi) is 7.45. The number of carbonyl (C=O) groups excluding carboxylic acids is 2. The maximum absolute atomic E-state index is 13.4. The molecule has 188 valence electrons. The summed E-state index contributed by atoms with van der Waals surface area (Å²) in [6.07, 6.45) is 5.06. The zero-order valence-corrected chi connectivity index (χ0v) is 20.9. The van der Waals surface area contributed by atoms with Crippen LogP contribution in [0.1, 0.15) is 53.7 Å². The second-order valence-corrected chi connectivity index (χ2v) is 9.19. The molecule has 1 saturated carbocycles. The monoisotopic (exact) mass is 494 g/mol. The summed E-state index contributed by atoms with van der Waals surface area (Å²) in [5.41, 5.74) is 4.62. The first kappa shape index (κ1) is 24.5. The fourth-order valence-corrected chi connectivity index (χ4v) is 5.07. The summed E-state index contributed by atoms with van der Waals surface area (Å²) in [4.78, 5) is 26.0. The van der Waals surface area contributed by atoms with E-state index in [0.717, 1.165) is 41.7 Å². The van der Waals surface area contributed by atoms with Gasteiger partial charge in [0, 0.05) is 5.92 Å². The van der Waals surface area contributed by atoms with Gasteiger partial charge in [-0.1, -0.05) is 60.7 Å². The number of benzene rings is 3. The number of amides is 1. The second kappa shape index (κ2) is 11.2. The lowest BCUT2D eigenvalue weighted by atomic mass is 9.77. The van der Waals surface area contributed by atoms with Crippen LogP contribution in [0.25, 0.3) is 6.08 Å². The van der Waals surface area contributed by atoms with Crippen LogP contribution in [0.4, 0.5) is 0 Å². The maximum Gasteiger partial charge on any atom is 0.338 e. The van der Waals surface area contributed by atoms with Gasteiger partial charge in [-0.05, 0) is 73.2 Å². The van der Waals surface area contributed by atoms with Gasteiger partial charge in [-0.15, -0.1) is 0 Å². The van der Waals surface area contributed by atoms with Crippen LogP contribution in [0.5, 0.6) is 5.75 Å². The lowest BCUT2D eigenvalue weighted by Gasteiger charge is -2.29. The fourth-order valence-electron chi connectivity index (χ4n) is 5.07. The van der Waals surface area contributed by atoms with Crippen LogP contribution in [0.15, 0.2) is 95.6 Å². The fraction of sp³-hybridized carbons (Fsp3) is 0.258. The molecule has 2 aliphatic rings. The Bertz CT molecular complexity index is 1300. The molecule has 0 spiro atoms. The Morgan fingerprint density at radius 3 is 2.38 bits per heavy atom. The summed E-state index contributed by atoms with van der Waals surface area (Å²) >= 11 is 0. The van der Waals surface area contributed by atoms with Gasteiger partial charge in [-0.25, -0.2) is 9.80 Å². The van der Waals surface area contributed by atoms with E-state index in [-0.39, 0.29) is 24.5 Å². The highest BCUT2D eigenvalue weighted by atomic mass is 16.5. The molecular weight excluding hydrogens is 464 g/mol. The van der Waals surface area contributed by atoms with Gasteiger partial charge in [-0.3, -0.25) is 4.79 Å². The van der Waals surface area contributed by atoms with E-state index < -0.39 is 5.97 Å². The summed E-state index contributed by atoms with van der Waals surface area (Å²) in [5.74, 6) is -0.122. The van der Waals surface area contributed by atoms with Gasteiger partial charge in [0.15, 0.2) is 6.61 Å². The van der Waals surface area contributed by atoms with Crippen molar-refractivity contribution < 1.29 is 19.1 Å². The average molecular weight is 495 g/mol. The number of rotatable bonds is 7. The molecule has 3 aromatic carbocycles. The first-order valence-corrected chi connectivity index (χ1v) is 12.8. The molecule has 2 unspecified atom stereocenters. The molecule has 0 aromatic heterocycles. The molecule has 1 heterocycles. The maximum atomic E-state index is 13.4. The molecule has 0 radical (unpaired) electrons. The zero-order chi connectivity index (χ0) is 25.6. The molecule has 1 aliphatic carbocycles. The van der Waals surface area contributed by atoms with Crippen molar-refractivity contribution in [1.82, 2.24) is 5.01 Å². The minimum atomic E-state index is -0.554. The van der Waals surface area contributed by atoms with E-state index in [2.05, 4.69) is 18.2 Å². The van der Waals surface area contributed by atoms with Crippen molar-refractivity contribution in [3.05, 3.63) is 107 Å². The lowest BCUT2D eigenvalue weighted by molar-refractivity contribution is -0.137. The van der Waals surface area contributed by atoms with Crippen LogP contribution >= 0.6 is 0 Å². The van der Waals surface area contributed by atoms with Gasteiger partial charge in [-0.2, -0.15) is 5.10 Å². The quantitative estimate of drug-likeness (QED) is 0.374. The molecular formula is C31H30N2O4. The second-order valence-electron chi connectivity index (χ2n) is 9.19. The van der Waals surface area contributed by atoms with Crippen molar-refractivity contribution in [2.24, 2.45) is 11.0 Å². The Hall–Kier alpha value is -4.19. The number of fused-ring (bicyclic) bond motifs is 1. The molecule has 5 rings (SSSR count). The largest absolute Gasteiger partial charge is 0.494 e. The molecule has 1 aliphatic heterocycles. The number of allylic oxidation sites excluding steroid dienone is 1. The number of nitrogens with zero attached hydrogens (tertiary/aromatic N) is 2. The number of hydrazone groups is 1. The molecule has 0 bridgehead atoms. The van der Waals surface area contributed by atoms with Gasteiger partial charge >= 0.3 is 5.97 Å². The van der Waals surface area contributed by atoms with Gasteiger partial charge < -0.3 is 9.47 Å². The highest BCUT2D eigenvalue weighted by Gasteiger charge is 2.43. The van der Waals surface area contributed by atoms with Gasteiger partial charge in [0.05, 0.1) is 23.9 Å². The van der Waals surface area contributed by atoms with Crippen LogP contribution in [0.2, 0.25) is 0 Å². The van der Waals surface area contributed by atoms with E-state index in [4.69, 9.17) is 14.6 Å². The highest BCUT2D eigenvalue weighted by molar-refractivity contribution is 6.08. The topological polar surface area (TPSA) is 68.2 Å². The summed E-state index contributed by atoms with van der Waals surface area (Å²) in [5, 5.41) is 6.39. The number of esters is 1. The van der Waals surface area contributed by atoms with E-state index >= 15 is 0 Å². The number of ether oxygens (including phenoxy) is 2. The summed E-state index contributed by atoms with van der Waals surface area (Å²) in [6.45, 7) is 2.06. The van der Waals surface area contributed by atoms with E-state index in [1.165, 1.54) is 5.01 Å². The first-order valence-electron chi connectivity index (χ1n) is 12.8. The van der Waals surface area contributed by atoms with Crippen LogP contribution in [0, 0.1) is 5.92 Å². The Morgan fingerprint density at radius 2 is 1.68 bits per heavy atom. The molecule has 6 nitrogen and oxygen atoms in total. The third kappa shape index (κ3) is 5.48. The molecule has 1 amide bonds. The Labute approximate surface area is 217 Å². The van der Waals surface area contributed by atoms with Gasteiger partial charge in [0.1, 0.15) is 5.75 Å². The molecule has 6 heteroatoms. The summed E-state index contributed by atoms with van der Waals surface area (Å²) in [6, 6.07) is 26.6. The van der Waals surface area contributed by atoms with Gasteiger partial charge in [0.2, 0.25) is 0 Å². The highest BCUT2D eigenvalue weighted by Crippen LogP contribution is 2.44. The van der Waals surface area contributed by atoms with E-state index in [0.29, 0.717) is 17.9 Å². The average Bonchev–Trinajstić information content (AvgIpc) is 3.34. The third-order valence-corrected chi connectivity index (χ3v) is 6.77. The summed E-state index contributed by atoms with van der Waals surface area (Å²) in [7, 11) is 0. The number of hydrogen-bond acceptors (Lipinski definition) is 5. The molecule has 1 fully saturated rings. The molecule has 3 aromatic rings. The zero-order valence-electron chi connectivity index (χ0n) is 20.9. The van der Waals surface area contributed by atoms with E-state index in [1.54, 1.807) is 24.3 Å². The van der Waals surface area contributed by atoms with Crippen molar-refractivity contribution in [2.75, 3.05) is 13.2 Å². The summed E-state index contributed by atoms with van der Waals surface area (Å²) < 4.78 is 10.8. The third-order valence-electron chi connectivity index (χ3n) is 6.77. The van der Waals surface area contributed by atoms with E-state index in [1.807, 2.05) is 55.5 Å². The predicted molar refractivity (Wildman–Crippen MR) is 143 cm³/mol. The number of carbonyl (C=O) groups is 2. The normalized spacial score (nSPS) is 19.8. The SMILES string of the molecule is CCOc1ccc(C(=O)OCC(=O)N2N=C3C(=Cc4ccccc4)CCCC3C2c2ccccc2)cc1. The molecule has 0 saturated heterocycles. The van der Waals surface area contributed by atoms with Crippen molar-refractivity contribution in [2.45, 2.75) is 32.2 Å². The van der Waals surface area contributed by atoms with Crippen LogP contribution < -0.4 is 4.74 Å². The predicted octanol–water partition coefficient (Wildman–Crippen LogP) is 6.07. The Morgan fingerprint density at radius 1 is 0.973 bits per heavy atom. The van der Waals surface area contributed by atoms with Crippen molar-refractivity contribution in [3.8, 4) is 5.75 Å². The molecule has 2 atom stereocenters.